The molecule has 0 aliphatic heterocycles. The van der Waals surface area contributed by atoms with E-state index in [1.807, 2.05) is 62.4 Å². The number of carbonyl (C=O) groups is 1. The summed E-state index contributed by atoms with van der Waals surface area (Å²) in [6, 6.07) is 15.4. The summed E-state index contributed by atoms with van der Waals surface area (Å²) >= 11 is 0. The molecular formula is C21H23N3O3. The standard InChI is InChI=1S/C21H23N3O3/c1-15-7-6-8-17(13-15)24-16(2)18(14-23-24)21(25)22-11-12-27-20-10-5-4-9-19(20)26-3/h4-10,13-14H,11-12H2,1-3H3,(H,22,25). The molecule has 0 radical (unpaired) electrons. The lowest BCUT2D eigenvalue weighted by molar-refractivity contribution is 0.0946. The molecule has 0 unspecified atom stereocenters. The number of aromatic nitrogens is 2. The molecule has 1 aromatic heterocycles. The van der Waals surface area contributed by atoms with Crippen molar-refractivity contribution in [2.75, 3.05) is 20.3 Å². The van der Waals surface area contributed by atoms with Crippen molar-refractivity contribution in [1.82, 2.24) is 15.1 Å². The summed E-state index contributed by atoms with van der Waals surface area (Å²) in [6.45, 7) is 4.64. The Bertz CT molecular complexity index is 934. The SMILES string of the molecule is COc1ccccc1OCCNC(=O)c1cnn(-c2cccc(C)c2)c1C. The Morgan fingerprint density at radius 1 is 1.11 bits per heavy atom. The number of methoxy groups -OCH3 is 1. The molecule has 0 aliphatic carbocycles. The smallest absolute Gasteiger partial charge is 0.254 e. The number of aryl methyl sites for hydroxylation is 1. The van der Waals surface area contributed by atoms with Crippen molar-refractivity contribution in [3.8, 4) is 17.2 Å². The predicted molar refractivity (Wildman–Crippen MR) is 104 cm³/mol. The van der Waals surface area contributed by atoms with Crippen molar-refractivity contribution in [2.45, 2.75) is 13.8 Å². The quantitative estimate of drug-likeness (QED) is 0.653. The second-order valence-corrected chi connectivity index (χ2v) is 6.15. The van der Waals surface area contributed by atoms with E-state index in [0.29, 0.717) is 30.2 Å². The lowest BCUT2D eigenvalue weighted by Gasteiger charge is -2.11. The Labute approximate surface area is 158 Å². The van der Waals surface area contributed by atoms with Gasteiger partial charge in [-0.1, -0.05) is 24.3 Å². The van der Waals surface area contributed by atoms with Crippen LogP contribution in [0, 0.1) is 13.8 Å². The molecule has 0 aliphatic rings. The van der Waals surface area contributed by atoms with Crippen LogP contribution in [-0.4, -0.2) is 35.9 Å². The molecule has 0 saturated carbocycles. The fraction of sp³-hybridized carbons (Fsp3) is 0.238. The van der Waals surface area contributed by atoms with E-state index in [1.165, 1.54) is 0 Å². The number of rotatable bonds is 7. The molecule has 3 rings (SSSR count). The van der Waals surface area contributed by atoms with Crippen LogP contribution in [0.4, 0.5) is 0 Å². The summed E-state index contributed by atoms with van der Waals surface area (Å²) in [5.74, 6) is 1.15. The lowest BCUT2D eigenvalue weighted by Crippen LogP contribution is -2.28. The number of nitrogens with zero attached hydrogens (tertiary/aromatic N) is 2. The maximum absolute atomic E-state index is 12.5. The number of hydrogen-bond donors (Lipinski definition) is 1. The van der Waals surface area contributed by atoms with Crippen LogP contribution in [0.5, 0.6) is 11.5 Å². The van der Waals surface area contributed by atoms with Gasteiger partial charge in [-0.3, -0.25) is 4.79 Å². The van der Waals surface area contributed by atoms with E-state index in [1.54, 1.807) is 18.0 Å². The van der Waals surface area contributed by atoms with Crippen molar-refractivity contribution in [1.29, 1.82) is 0 Å². The number of hydrogen-bond acceptors (Lipinski definition) is 4. The molecule has 1 N–H and O–H groups in total. The Balaban J connectivity index is 1.59. The lowest BCUT2D eigenvalue weighted by atomic mass is 10.2. The third kappa shape index (κ3) is 4.28. The van der Waals surface area contributed by atoms with Crippen molar-refractivity contribution >= 4 is 5.91 Å². The van der Waals surface area contributed by atoms with E-state index in [4.69, 9.17) is 9.47 Å². The van der Waals surface area contributed by atoms with Gasteiger partial charge in [-0.05, 0) is 43.7 Å². The van der Waals surface area contributed by atoms with E-state index in [9.17, 15) is 4.79 Å². The molecule has 0 fully saturated rings. The van der Waals surface area contributed by atoms with Crippen LogP contribution in [0.25, 0.3) is 5.69 Å². The number of para-hydroxylation sites is 2. The first-order valence-electron chi connectivity index (χ1n) is 8.76. The average molecular weight is 365 g/mol. The van der Waals surface area contributed by atoms with E-state index < -0.39 is 0 Å². The van der Waals surface area contributed by atoms with Crippen molar-refractivity contribution in [2.24, 2.45) is 0 Å². The van der Waals surface area contributed by atoms with Crippen molar-refractivity contribution in [3.05, 3.63) is 71.5 Å². The second-order valence-electron chi connectivity index (χ2n) is 6.15. The predicted octanol–water partition coefficient (Wildman–Crippen LogP) is 3.31. The van der Waals surface area contributed by atoms with Gasteiger partial charge in [-0.15, -0.1) is 0 Å². The summed E-state index contributed by atoms with van der Waals surface area (Å²) in [5.41, 5.74) is 3.42. The van der Waals surface area contributed by atoms with Gasteiger partial charge in [0.1, 0.15) is 6.61 Å². The van der Waals surface area contributed by atoms with Gasteiger partial charge in [-0.25, -0.2) is 4.68 Å². The van der Waals surface area contributed by atoms with Gasteiger partial charge in [-0.2, -0.15) is 5.10 Å². The first kappa shape index (κ1) is 18.5. The van der Waals surface area contributed by atoms with Crippen LogP contribution in [0.1, 0.15) is 21.6 Å². The largest absolute Gasteiger partial charge is 0.493 e. The van der Waals surface area contributed by atoms with Gasteiger partial charge in [0.2, 0.25) is 0 Å². The zero-order valence-corrected chi connectivity index (χ0v) is 15.7. The van der Waals surface area contributed by atoms with Crippen molar-refractivity contribution in [3.63, 3.8) is 0 Å². The normalized spacial score (nSPS) is 10.5. The minimum absolute atomic E-state index is 0.171. The molecule has 1 heterocycles. The molecular weight excluding hydrogens is 342 g/mol. The molecule has 0 bridgehead atoms. The topological polar surface area (TPSA) is 65.4 Å². The van der Waals surface area contributed by atoms with Crippen LogP contribution in [0.3, 0.4) is 0 Å². The highest BCUT2D eigenvalue weighted by Crippen LogP contribution is 2.25. The maximum Gasteiger partial charge on any atom is 0.254 e. The van der Waals surface area contributed by atoms with Crippen LogP contribution < -0.4 is 14.8 Å². The van der Waals surface area contributed by atoms with Crippen LogP contribution in [0.15, 0.2) is 54.7 Å². The molecule has 0 spiro atoms. The van der Waals surface area contributed by atoms with Gasteiger partial charge in [0.05, 0.1) is 36.8 Å². The Morgan fingerprint density at radius 2 is 1.89 bits per heavy atom. The van der Waals surface area contributed by atoms with Crippen LogP contribution in [-0.2, 0) is 0 Å². The summed E-state index contributed by atoms with van der Waals surface area (Å²) in [6.07, 6.45) is 1.59. The maximum atomic E-state index is 12.5. The number of ether oxygens (including phenoxy) is 2. The molecule has 6 nitrogen and oxygen atoms in total. The van der Waals surface area contributed by atoms with E-state index >= 15 is 0 Å². The second kappa shape index (κ2) is 8.40. The third-order valence-corrected chi connectivity index (χ3v) is 4.21. The minimum Gasteiger partial charge on any atom is -0.493 e. The summed E-state index contributed by atoms with van der Waals surface area (Å²) in [7, 11) is 1.60. The molecule has 27 heavy (non-hydrogen) atoms. The molecule has 1 amide bonds. The van der Waals surface area contributed by atoms with Gasteiger partial charge in [0.25, 0.3) is 5.91 Å². The first-order valence-corrected chi connectivity index (χ1v) is 8.76. The third-order valence-electron chi connectivity index (χ3n) is 4.21. The zero-order chi connectivity index (χ0) is 19.2. The molecule has 0 atom stereocenters. The zero-order valence-electron chi connectivity index (χ0n) is 15.7. The molecule has 2 aromatic carbocycles. The molecule has 0 saturated heterocycles. The van der Waals surface area contributed by atoms with Crippen LogP contribution >= 0.6 is 0 Å². The van der Waals surface area contributed by atoms with E-state index in [2.05, 4.69) is 10.4 Å². The Morgan fingerprint density at radius 3 is 2.63 bits per heavy atom. The molecule has 140 valence electrons. The fourth-order valence-corrected chi connectivity index (χ4v) is 2.81. The highest BCUT2D eigenvalue weighted by molar-refractivity contribution is 5.95. The summed E-state index contributed by atoms with van der Waals surface area (Å²) in [4.78, 5) is 12.5. The van der Waals surface area contributed by atoms with Crippen molar-refractivity contribution < 1.29 is 14.3 Å². The fourth-order valence-electron chi connectivity index (χ4n) is 2.81. The highest BCUT2D eigenvalue weighted by atomic mass is 16.5. The Hall–Kier alpha value is -3.28. The number of amides is 1. The monoisotopic (exact) mass is 365 g/mol. The molecule has 3 aromatic rings. The number of benzene rings is 2. The van der Waals surface area contributed by atoms with Gasteiger partial charge in [0, 0.05) is 0 Å². The van der Waals surface area contributed by atoms with Gasteiger partial charge in [0.15, 0.2) is 11.5 Å². The highest BCUT2D eigenvalue weighted by Gasteiger charge is 2.15. The van der Waals surface area contributed by atoms with Crippen LogP contribution in [0.2, 0.25) is 0 Å². The minimum atomic E-state index is -0.171. The average Bonchev–Trinajstić information content (AvgIpc) is 3.07. The first-order chi connectivity index (χ1) is 13.1. The molecule has 6 heteroatoms. The van der Waals surface area contributed by atoms with Gasteiger partial charge < -0.3 is 14.8 Å². The van der Waals surface area contributed by atoms with E-state index in [0.717, 1.165) is 16.9 Å². The van der Waals surface area contributed by atoms with Gasteiger partial charge >= 0.3 is 0 Å². The van der Waals surface area contributed by atoms with E-state index in [-0.39, 0.29) is 5.91 Å². The summed E-state index contributed by atoms with van der Waals surface area (Å²) < 4.78 is 12.7. The number of nitrogens with one attached hydrogen (secondary N) is 1. The Kier molecular flexibility index (Phi) is 5.76. The number of carbonyl (C=O) groups excluding carboxylic acids is 1. The summed E-state index contributed by atoms with van der Waals surface area (Å²) in [5, 5.41) is 7.22.